The molecule has 4 aromatic rings. The van der Waals surface area contributed by atoms with Gasteiger partial charge in [0.25, 0.3) is 0 Å². The van der Waals surface area contributed by atoms with Crippen molar-refractivity contribution in [2.75, 3.05) is 12.4 Å². The third-order valence-electron chi connectivity index (χ3n) is 5.42. The lowest BCUT2D eigenvalue weighted by molar-refractivity contribution is 0.415. The Hall–Kier alpha value is -2.92. The van der Waals surface area contributed by atoms with E-state index >= 15 is 0 Å². The van der Waals surface area contributed by atoms with Gasteiger partial charge >= 0.3 is 0 Å². The molecular weight excluding hydrogens is 378 g/mol. The van der Waals surface area contributed by atoms with Gasteiger partial charge in [-0.25, -0.2) is 9.97 Å². The average molecular weight is 402 g/mol. The number of benzene rings is 2. The molecule has 5 heteroatoms. The quantitative estimate of drug-likeness (QED) is 0.451. The van der Waals surface area contributed by atoms with Crippen molar-refractivity contribution in [2.24, 2.45) is 0 Å². The fourth-order valence-electron chi connectivity index (χ4n) is 3.96. The van der Waals surface area contributed by atoms with E-state index in [9.17, 15) is 0 Å². The van der Waals surface area contributed by atoms with Crippen LogP contribution >= 0.6 is 11.3 Å². The molecule has 0 spiro atoms. The summed E-state index contributed by atoms with van der Waals surface area (Å²) in [6.45, 7) is 0. The van der Waals surface area contributed by atoms with Crippen molar-refractivity contribution in [3.63, 3.8) is 0 Å². The lowest BCUT2D eigenvalue weighted by Crippen LogP contribution is -2.04. The van der Waals surface area contributed by atoms with Gasteiger partial charge in [-0.1, -0.05) is 30.3 Å². The minimum Gasteiger partial charge on any atom is -0.497 e. The third-order valence-corrected chi connectivity index (χ3v) is 6.60. The molecule has 1 aliphatic carbocycles. The first-order chi connectivity index (χ1) is 14.3. The van der Waals surface area contributed by atoms with Gasteiger partial charge in [-0.2, -0.15) is 0 Å². The van der Waals surface area contributed by atoms with Gasteiger partial charge < -0.3 is 10.1 Å². The van der Waals surface area contributed by atoms with Crippen LogP contribution in [0.1, 0.15) is 34.7 Å². The van der Waals surface area contributed by atoms with E-state index in [2.05, 4.69) is 29.6 Å². The van der Waals surface area contributed by atoms with Crippen molar-refractivity contribution < 1.29 is 4.74 Å². The van der Waals surface area contributed by atoms with E-state index in [-0.39, 0.29) is 0 Å². The monoisotopic (exact) mass is 401 g/mol. The molecule has 1 aliphatic rings. The summed E-state index contributed by atoms with van der Waals surface area (Å²) < 4.78 is 5.29. The van der Waals surface area contributed by atoms with Crippen molar-refractivity contribution in [1.82, 2.24) is 9.97 Å². The summed E-state index contributed by atoms with van der Waals surface area (Å²) in [6.07, 6.45) is 5.52. The highest BCUT2D eigenvalue weighted by molar-refractivity contribution is 7.19. The van der Waals surface area contributed by atoms with Crippen LogP contribution in [0.3, 0.4) is 0 Å². The normalized spacial score (nSPS) is 13.3. The predicted molar refractivity (Wildman–Crippen MR) is 120 cm³/mol. The Morgan fingerprint density at radius 2 is 1.76 bits per heavy atom. The van der Waals surface area contributed by atoms with Crippen LogP contribution in [-0.4, -0.2) is 17.1 Å². The zero-order valence-corrected chi connectivity index (χ0v) is 17.3. The van der Waals surface area contributed by atoms with Crippen LogP contribution in [0.2, 0.25) is 0 Å². The van der Waals surface area contributed by atoms with Crippen molar-refractivity contribution in [3.8, 4) is 5.75 Å². The standard InChI is InChI=1S/C24H23N3OS/c1-28-18-13-11-17(12-14-18)25-23-22-19-9-5-6-10-20(19)29-24(22)27-21(26-23)15-16-7-3-2-4-8-16/h2-4,7-8,11-14H,5-6,9-10,15H2,1H3,(H,25,26,27). The molecular formula is C24H23N3OS. The van der Waals surface area contributed by atoms with Crippen molar-refractivity contribution >= 4 is 33.1 Å². The van der Waals surface area contributed by atoms with E-state index < -0.39 is 0 Å². The molecule has 5 rings (SSSR count). The lowest BCUT2D eigenvalue weighted by Gasteiger charge is -2.14. The maximum atomic E-state index is 5.29. The molecule has 146 valence electrons. The van der Waals surface area contributed by atoms with Crippen molar-refractivity contribution in [1.29, 1.82) is 0 Å². The molecule has 2 aromatic heterocycles. The van der Waals surface area contributed by atoms with Crippen molar-refractivity contribution in [3.05, 3.63) is 76.4 Å². The highest BCUT2D eigenvalue weighted by atomic mass is 32.1. The van der Waals surface area contributed by atoms with Crippen LogP contribution in [0.25, 0.3) is 10.2 Å². The zero-order chi connectivity index (χ0) is 19.6. The van der Waals surface area contributed by atoms with E-state index in [4.69, 9.17) is 14.7 Å². The SMILES string of the molecule is COc1ccc(Nc2nc(Cc3ccccc3)nc3sc4c(c23)CCCC4)cc1. The molecule has 0 saturated carbocycles. The molecule has 0 amide bonds. The van der Waals surface area contributed by atoms with Gasteiger partial charge in [0.15, 0.2) is 0 Å². The van der Waals surface area contributed by atoms with Crippen LogP contribution in [0.5, 0.6) is 5.75 Å². The topological polar surface area (TPSA) is 47.0 Å². The Kier molecular flexibility index (Phi) is 4.90. The molecule has 0 unspecified atom stereocenters. The highest BCUT2D eigenvalue weighted by Gasteiger charge is 2.21. The Labute approximate surface area is 174 Å². The van der Waals surface area contributed by atoms with Crippen molar-refractivity contribution in [2.45, 2.75) is 32.1 Å². The number of anilines is 2. The highest BCUT2D eigenvalue weighted by Crippen LogP contribution is 2.39. The molecule has 2 aromatic carbocycles. The van der Waals surface area contributed by atoms with Gasteiger partial charge in [-0.05, 0) is 61.1 Å². The molecule has 0 saturated heterocycles. The number of aryl methyl sites for hydroxylation is 2. The average Bonchev–Trinajstić information content (AvgIpc) is 3.13. The number of ether oxygens (including phenoxy) is 1. The van der Waals surface area contributed by atoms with Crippen LogP contribution < -0.4 is 10.1 Å². The summed E-state index contributed by atoms with van der Waals surface area (Å²) in [7, 11) is 1.68. The van der Waals surface area contributed by atoms with Crippen LogP contribution in [0.4, 0.5) is 11.5 Å². The number of rotatable bonds is 5. The molecule has 0 radical (unpaired) electrons. The maximum absolute atomic E-state index is 5.29. The smallest absolute Gasteiger partial charge is 0.143 e. The summed E-state index contributed by atoms with van der Waals surface area (Å²) in [6, 6.07) is 18.4. The van der Waals surface area contributed by atoms with Gasteiger partial charge in [-0.15, -0.1) is 11.3 Å². The fourth-order valence-corrected chi connectivity index (χ4v) is 5.24. The molecule has 0 fully saturated rings. The maximum Gasteiger partial charge on any atom is 0.143 e. The van der Waals surface area contributed by atoms with Gasteiger partial charge in [0.1, 0.15) is 22.2 Å². The van der Waals surface area contributed by atoms with Gasteiger partial charge in [0, 0.05) is 17.0 Å². The molecule has 0 atom stereocenters. The van der Waals surface area contributed by atoms with E-state index in [1.807, 2.05) is 41.7 Å². The summed E-state index contributed by atoms with van der Waals surface area (Å²) in [4.78, 5) is 12.5. The summed E-state index contributed by atoms with van der Waals surface area (Å²) in [5, 5.41) is 4.77. The van der Waals surface area contributed by atoms with Gasteiger partial charge in [0.05, 0.1) is 12.5 Å². The number of fused-ring (bicyclic) bond motifs is 3. The van der Waals surface area contributed by atoms with E-state index in [1.54, 1.807) is 7.11 Å². The largest absolute Gasteiger partial charge is 0.497 e. The van der Waals surface area contributed by atoms with Gasteiger partial charge in [-0.3, -0.25) is 0 Å². The van der Waals surface area contributed by atoms with E-state index in [1.165, 1.54) is 34.2 Å². The number of nitrogens with zero attached hydrogens (tertiary/aromatic N) is 2. The fraction of sp³-hybridized carbons (Fsp3) is 0.250. The van der Waals surface area contributed by atoms with E-state index in [0.29, 0.717) is 0 Å². The first-order valence-electron chi connectivity index (χ1n) is 10.1. The summed E-state index contributed by atoms with van der Waals surface area (Å²) in [5.74, 6) is 2.63. The van der Waals surface area contributed by atoms with Gasteiger partial charge in [0.2, 0.25) is 0 Å². The first kappa shape index (κ1) is 18.1. The molecule has 2 heterocycles. The lowest BCUT2D eigenvalue weighted by atomic mass is 9.97. The zero-order valence-electron chi connectivity index (χ0n) is 16.4. The Morgan fingerprint density at radius 3 is 2.55 bits per heavy atom. The first-order valence-corrected chi connectivity index (χ1v) is 10.9. The number of nitrogens with one attached hydrogen (secondary N) is 1. The predicted octanol–water partition coefficient (Wildman–Crippen LogP) is 5.91. The second-order valence-corrected chi connectivity index (χ2v) is 8.48. The molecule has 4 nitrogen and oxygen atoms in total. The second-order valence-electron chi connectivity index (χ2n) is 7.40. The van der Waals surface area contributed by atoms with Crippen LogP contribution in [0, 0.1) is 0 Å². The molecule has 1 N–H and O–H groups in total. The third kappa shape index (κ3) is 3.70. The second kappa shape index (κ2) is 7.84. The number of aromatic nitrogens is 2. The summed E-state index contributed by atoms with van der Waals surface area (Å²) >= 11 is 1.84. The molecule has 0 aliphatic heterocycles. The minimum atomic E-state index is 0.733. The number of methoxy groups -OCH3 is 1. The van der Waals surface area contributed by atoms with Crippen LogP contribution in [0.15, 0.2) is 54.6 Å². The number of hydrogen-bond acceptors (Lipinski definition) is 5. The Morgan fingerprint density at radius 1 is 0.966 bits per heavy atom. The Balaban J connectivity index is 1.59. The van der Waals surface area contributed by atoms with Crippen LogP contribution in [-0.2, 0) is 19.3 Å². The molecule has 0 bridgehead atoms. The molecule has 29 heavy (non-hydrogen) atoms. The minimum absolute atomic E-state index is 0.733. The summed E-state index contributed by atoms with van der Waals surface area (Å²) in [5.41, 5.74) is 3.68. The number of hydrogen-bond donors (Lipinski definition) is 1. The Bertz CT molecular complexity index is 1140. The number of thiophene rings is 1. The van der Waals surface area contributed by atoms with E-state index in [0.717, 1.165) is 47.2 Å².